The maximum Gasteiger partial charge on any atom is 0.243 e. The molecule has 2 aromatic carbocycles. The lowest BCUT2D eigenvalue weighted by molar-refractivity contribution is 0.440. The molecule has 4 rings (SSSR count). The molecule has 0 saturated carbocycles. The number of ether oxygens (including phenoxy) is 1. The molecule has 0 aliphatic carbocycles. The highest BCUT2D eigenvalue weighted by Gasteiger charge is 2.34. The van der Waals surface area contributed by atoms with Gasteiger partial charge in [0, 0.05) is 21.1 Å². The van der Waals surface area contributed by atoms with E-state index in [0.29, 0.717) is 21.7 Å². The Bertz CT molecular complexity index is 1070. The van der Waals surface area contributed by atoms with Crippen LogP contribution in [0.15, 0.2) is 64.1 Å². The molecule has 0 bridgehead atoms. The van der Waals surface area contributed by atoms with Crippen molar-refractivity contribution in [2.75, 3.05) is 4.90 Å². The Kier molecular flexibility index (Phi) is 5.31. The second kappa shape index (κ2) is 7.63. The molecule has 1 aliphatic rings. The molecule has 0 spiro atoms. The second-order valence-electron chi connectivity index (χ2n) is 7.79. The van der Waals surface area contributed by atoms with Crippen molar-refractivity contribution in [2.45, 2.75) is 36.6 Å². The predicted molar refractivity (Wildman–Crippen MR) is 120 cm³/mol. The number of nitrogens with zero attached hydrogens (tertiary/aromatic N) is 2. The minimum Gasteiger partial charge on any atom is -0.437 e. The van der Waals surface area contributed by atoms with E-state index in [4.69, 9.17) is 10.5 Å². The van der Waals surface area contributed by atoms with E-state index in [1.807, 2.05) is 36.4 Å². The summed E-state index contributed by atoms with van der Waals surface area (Å²) in [6.07, 6.45) is 1.66. The summed E-state index contributed by atoms with van der Waals surface area (Å²) in [4.78, 5) is 6.95. The smallest absolute Gasteiger partial charge is 0.243 e. The summed E-state index contributed by atoms with van der Waals surface area (Å²) in [6.45, 7) is 6.39. The van der Waals surface area contributed by atoms with Gasteiger partial charge in [-0.3, -0.25) is 0 Å². The lowest BCUT2D eigenvalue weighted by Crippen LogP contribution is -2.32. The van der Waals surface area contributed by atoms with Crippen LogP contribution in [0.1, 0.15) is 26.3 Å². The van der Waals surface area contributed by atoms with Crippen molar-refractivity contribution in [3.05, 3.63) is 70.6 Å². The number of para-hydroxylation sites is 1. The van der Waals surface area contributed by atoms with Gasteiger partial charge in [-0.1, -0.05) is 66.7 Å². The van der Waals surface area contributed by atoms with Crippen LogP contribution in [-0.2, 0) is 5.41 Å². The molecule has 4 nitrogen and oxygen atoms in total. The number of benzene rings is 2. The lowest BCUT2D eigenvalue weighted by atomic mass is 9.86. The van der Waals surface area contributed by atoms with E-state index in [9.17, 15) is 4.39 Å². The van der Waals surface area contributed by atoms with Gasteiger partial charge >= 0.3 is 0 Å². The number of fused-ring (bicyclic) bond motifs is 1. The van der Waals surface area contributed by atoms with Crippen LogP contribution in [0.3, 0.4) is 0 Å². The van der Waals surface area contributed by atoms with Gasteiger partial charge in [-0.25, -0.2) is 9.37 Å². The van der Waals surface area contributed by atoms with Gasteiger partial charge in [-0.05, 0) is 35.7 Å². The summed E-state index contributed by atoms with van der Waals surface area (Å²) in [5.74, 6) is 0.756. The molecule has 1 aromatic heterocycles. The SMILES string of the molecule is CC(C)(C)c1ccccc1Oc1ncccc1N1c2c(F)cc(Br)cc2SC1N. The Morgan fingerprint density at radius 1 is 1.17 bits per heavy atom. The van der Waals surface area contributed by atoms with Crippen LogP contribution in [0.4, 0.5) is 15.8 Å². The molecule has 0 radical (unpaired) electrons. The standard InChI is InChI=1S/C22H21BrFN3OS/c1-22(2,3)14-7-4-5-9-17(14)28-20-16(8-6-10-26-20)27-19-15(24)11-13(23)12-18(19)29-21(27)25/h4-12,21H,25H2,1-3H3. The number of hydrogen-bond acceptors (Lipinski definition) is 5. The van der Waals surface area contributed by atoms with Crippen LogP contribution in [0, 0.1) is 5.82 Å². The zero-order valence-corrected chi connectivity index (χ0v) is 18.7. The van der Waals surface area contributed by atoms with Crippen molar-refractivity contribution in [3.63, 3.8) is 0 Å². The van der Waals surface area contributed by atoms with E-state index < -0.39 is 5.50 Å². The molecule has 2 N–H and O–H groups in total. The van der Waals surface area contributed by atoms with Crippen LogP contribution in [0.5, 0.6) is 11.6 Å². The number of rotatable bonds is 3. The Morgan fingerprint density at radius 2 is 1.93 bits per heavy atom. The molecule has 0 saturated heterocycles. The Morgan fingerprint density at radius 3 is 2.69 bits per heavy atom. The van der Waals surface area contributed by atoms with Crippen molar-refractivity contribution >= 4 is 39.1 Å². The number of halogens is 2. The van der Waals surface area contributed by atoms with Gasteiger partial charge in [0.15, 0.2) is 0 Å². The van der Waals surface area contributed by atoms with Gasteiger partial charge < -0.3 is 15.4 Å². The first-order valence-electron chi connectivity index (χ1n) is 9.18. The zero-order valence-electron chi connectivity index (χ0n) is 16.3. The normalized spacial score (nSPS) is 16.1. The average Bonchev–Trinajstić information content (AvgIpc) is 2.97. The first-order chi connectivity index (χ1) is 13.8. The van der Waals surface area contributed by atoms with Gasteiger partial charge in [-0.15, -0.1) is 0 Å². The van der Waals surface area contributed by atoms with Crippen molar-refractivity contribution in [2.24, 2.45) is 5.73 Å². The van der Waals surface area contributed by atoms with Gasteiger partial charge in [0.05, 0.1) is 5.69 Å². The highest BCUT2D eigenvalue weighted by Crippen LogP contribution is 2.50. The van der Waals surface area contributed by atoms with Crippen molar-refractivity contribution < 1.29 is 9.13 Å². The quantitative estimate of drug-likeness (QED) is 0.466. The number of pyridine rings is 1. The molecular weight excluding hydrogens is 453 g/mol. The third-order valence-corrected chi connectivity index (χ3v) is 6.12. The summed E-state index contributed by atoms with van der Waals surface area (Å²) in [5.41, 5.74) is 7.90. The number of aromatic nitrogens is 1. The van der Waals surface area contributed by atoms with Crippen LogP contribution in [0.25, 0.3) is 0 Å². The highest BCUT2D eigenvalue weighted by atomic mass is 79.9. The minimum atomic E-state index is -0.488. The second-order valence-corrected chi connectivity index (χ2v) is 9.86. The molecule has 1 aliphatic heterocycles. The molecule has 7 heteroatoms. The maximum absolute atomic E-state index is 14.8. The molecule has 1 atom stereocenters. The Balaban J connectivity index is 1.79. The highest BCUT2D eigenvalue weighted by molar-refractivity contribution is 9.10. The largest absolute Gasteiger partial charge is 0.437 e. The fourth-order valence-corrected chi connectivity index (χ4v) is 5.03. The zero-order chi connectivity index (χ0) is 20.8. The summed E-state index contributed by atoms with van der Waals surface area (Å²) >= 11 is 4.74. The van der Waals surface area contributed by atoms with Gasteiger partial charge in [-0.2, -0.15) is 0 Å². The average molecular weight is 474 g/mol. The Hall–Kier alpha value is -2.09. The first kappa shape index (κ1) is 20.2. The number of nitrogens with two attached hydrogens (primary N) is 1. The van der Waals surface area contributed by atoms with E-state index in [2.05, 4.69) is 41.7 Å². The first-order valence-corrected chi connectivity index (χ1v) is 10.9. The molecular formula is C22H21BrFN3OS. The van der Waals surface area contributed by atoms with Gasteiger partial charge in [0.2, 0.25) is 5.88 Å². The fourth-order valence-electron chi connectivity index (χ4n) is 3.36. The van der Waals surface area contributed by atoms with Crippen LogP contribution in [-0.4, -0.2) is 10.5 Å². The molecule has 3 aromatic rings. The third kappa shape index (κ3) is 3.86. The maximum atomic E-state index is 14.8. The van der Waals surface area contributed by atoms with Crippen molar-refractivity contribution in [3.8, 4) is 11.6 Å². The summed E-state index contributed by atoms with van der Waals surface area (Å²) in [5, 5.41) is 0. The molecule has 0 amide bonds. The fraction of sp³-hybridized carbons (Fsp3) is 0.227. The molecule has 2 heterocycles. The minimum absolute atomic E-state index is 0.101. The van der Waals surface area contributed by atoms with Crippen LogP contribution >= 0.6 is 27.7 Å². The molecule has 29 heavy (non-hydrogen) atoms. The number of hydrogen-bond donors (Lipinski definition) is 1. The van der Waals surface area contributed by atoms with E-state index in [0.717, 1.165) is 16.2 Å². The molecule has 150 valence electrons. The molecule has 0 fully saturated rings. The molecule has 1 unspecified atom stereocenters. The summed E-state index contributed by atoms with van der Waals surface area (Å²) < 4.78 is 21.8. The van der Waals surface area contributed by atoms with Crippen molar-refractivity contribution in [1.29, 1.82) is 0 Å². The monoisotopic (exact) mass is 473 g/mol. The van der Waals surface area contributed by atoms with Gasteiger partial charge in [0.25, 0.3) is 0 Å². The van der Waals surface area contributed by atoms with E-state index in [-0.39, 0.29) is 11.2 Å². The van der Waals surface area contributed by atoms with Crippen LogP contribution in [0.2, 0.25) is 0 Å². The Labute approximate surface area is 182 Å². The van der Waals surface area contributed by atoms with Crippen LogP contribution < -0.4 is 15.4 Å². The van der Waals surface area contributed by atoms with E-state index in [1.165, 1.54) is 17.8 Å². The third-order valence-electron chi connectivity index (χ3n) is 4.65. The van der Waals surface area contributed by atoms with Crippen molar-refractivity contribution in [1.82, 2.24) is 4.98 Å². The number of anilines is 2. The lowest BCUT2D eigenvalue weighted by Gasteiger charge is -2.27. The number of thioether (sulfide) groups is 1. The van der Waals surface area contributed by atoms with Gasteiger partial charge in [0.1, 0.15) is 22.8 Å². The topological polar surface area (TPSA) is 51.4 Å². The van der Waals surface area contributed by atoms with E-state index >= 15 is 0 Å². The summed E-state index contributed by atoms with van der Waals surface area (Å²) in [7, 11) is 0. The predicted octanol–water partition coefficient (Wildman–Crippen LogP) is 6.56. The van der Waals surface area contributed by atoms with E-state index in [1.54, 1.807) is 17.2 Å². The summed E-state index contributed by atoms with van der Waals surface area (Å²) in [6, 6.07) is 14.8.